The van der Waals surface area contributed by atoms with Crippen molar-refractivity contribution in [1.29, 1.82) is 0 Å². The van der Waals surface area contributed by atoms with Gasteiger partial charge in [0.1, 0.15) is 5.75 Å². The summed E-state index contributed by atoms with van der Waals surface area (Å²) in [6.45, 7) is 7.00. The number of benzene rings is 1. The number of hydrogen-bond acceptors (Lipinski definition) is 1. The minimum Gasteiger partial charge on any atom is -0.494 e. The number of hydrogen-bond donors (Lipinski definition) is 0. The van der Waals surface area contributed by atoms with Crippen LogP contribution in [0, 0.1) is 29.6 Å². The van der Waals surface area contributed by atoms with Gasteiger partial charge in [0.2, 0.25) is 0 Å². The van der Waals surface area contributed by atoms with Crippen molar-refractivity contribution in [2.45, 2.75) is 90.4 Å². The third-order valence-corrected chi connectivity index (χ3v) is 8.42. The molecule has 0 amide bonds. The second kappa shape index (κ2) is 10.2. The van der Waals surface area contributed by atoms with Gasteiger partial charge in [-0.2, -0.15) is 0 Å². The monoisotopic (exact) mass is 394 g/mol. The Labute approximate surface area is 179 Å². The smallest absolute Gasteiger partial charge is 0.119 e. The van der Waals surface area contributed by atoms with Crippen molar-refractivity contribution >= 4 is 0 Å². The van der Waals surface area contributed by atoms with Crippen LogP contribution >= 0.6 is 0 Å². The third-order valence-electron chi connectivity index (χ3n) is 8.42. The molecular weight excluding hydrogens is 352 g/mol. The molecule has 2 saturated carbocycles. The van der Waals surface area contributed by atoms with Crippen molar-refractivity contribution in [3.05, 3.63) is 42.0 Å². The van der Waals surface area contributed by atoms with Gasteiger partial charge in [0.25, 0.3) is 0 Å². The molecule has 1 heteroatoms. The molecule has 0 aromatic heterocycles. The fourth-order valence-corrected chi connectivity index (χ4v) is 6.65. The first-order valence-electron chi connectivity index (χ1n) is 12.6. The van der Waals surface area contributed by atoms with Gasteiger partial charge in [0.15, 0.2) is 0 Å². The van der Waals surface area contributed by atoms with E-state index in [1.807, 2.05) is 0 Å². The molecule has 3 aliphatic rings. The van der Waals surface area contributed by atoms with Crippen molar-refractivity contribution in [2.24, 2.45) is 29.6 Å². The van der Waals surface area contributed by atoms with Crippen LogP contribution in [0.3, 0.4) is 0 Å². The van der Waals surface area contributed by atoms with Gasteiger partial charge in [0.05, 0.1) is 6.61 Å². The number of aryl methyl sites for hydroxylation is 1. The fourth-order valence-electron chi connectivity index (χ4n) is 6.65. The van der Waals surface area contributed by atoms with E-state index in [0.717, 1.165) is 48.4 Å². The minimum atomic E-state index is 0.858. The zero-order valence-corrected chi connectivity index (χ0v) is 18.7. The summed E-state index contributed by atoms with van der Waals surface area (Å²) in [5.74, 6) is 6.05. The first-order chi connectivity index (χ1) is 14.3. The Bertz CT molecular complexity index is 662. The topological polar surface area (TPSA) is 9.23 Å². The molecule has 160 valence electrons. The first-order valence-corrected chi connectivity index (χ1v) is 12.6. The van der Waals surface area contributed by atoms with Crippen LogP contribution in [-0.4, -0.2) is 6.61 Å². The van der Waals surface area contributed by atoms with Crippen LogP contribution in [0.5, 0.6) is 5.75 Å². The van der Waals surface area contributed by atoms with Crippen LogP contribution in [0.15, 0.2) is 30.9 Å². The lowest BCUT2D eigenvalue weighted by molar-refractivity contribution is 0.0699. The third kappa shape index (κ3) is 5.28. The Hall–Kier alpha value is -1.24. The highest BCUT2D eigenvalue weighted by molar-refractivity contribution is 5.37. The first kappa shape index (κ1) is 21.0. The number of rotatable bonds is 8. The van der Waals surface area contributed by atoms with E-state index < -0.39 is 0 Å². The lowest BCUT2D eigenvalue weighted by Gasteiger charge is -2.45. The Morgan fingerprint density at radius 1 is 0.966 bits per heavy atom. The second-order valence-electron chi connectivity index (χ2n) is 10.3. The number of allylic oxidation sites excluding steroid dienone is 1. The van der Waals surface area contributed by atoms with Crippen LogP contribution in [0.2, 0.25) is 0 Å². The molecule has 0 aliphatic heterocycles. The molecule has 2 fully saturated rings. The summed E-state index contributed by atoms with van der Waals surface area (Å²) in [7, 11) is 0. The lowest BCUT2D eigenvalue weighted by Crippen LogP contribution is -2.35. The molecule has 4 rings (SSSR count). The molecule has 29 heavy (non-hydrogen) atoms. The van der Waals surface area contributed by atoms with Crippen LogP contribution < -0.4 is 4.74 Å². The highest BCUT2D eigenvalue weighted by Gasteiger charge is 2.38. The average Bonchev–Trinajstić information content (AvgIpc) is 2.77. The van der Waals surface area contributed by atoms with Crippen LogP contribution in [0.4, 0.5) is 0 Å². The predicted molar refractivity (Wildman–Crippen MR) is 123 cm³/mol. The second-order valence-corrected chi connectivity index (χ2v) is 10.3. The maximum atomic E-state index is 5.94. The van der Waals surface area contributed by atoms with Crippen molar-refractivity contribution < 1.29 is 4.74 Å². The largest absolute Gasteiger partial charge is 0.494 e. The number of ether oxygens (including phenoxy) is 1. The summed E-state index contributed by atoms with van der Waals surface area (Å²) in [4.78, 5) is 0. The van der Waals surface area contributed by atoms with E-state index in [4.69, 9.17) is 4.74 Å². The van der Waals surface area contributed by atoms with E-state index in [2.05, 4.69) is 37.8 Å². The molecule has 1 aromatic carbocycles. The van der Waals surface area contributed by atoms with E-state index in [0.29, 0.717) is 0 Å². The Balaban J connectivity index is 1.30. The van der Waals surface area contributed by atoms with Gasteiger partial charge in [-0.1, -0.05) is 31.9 Å². The van der Waals surface area contributed by atoms with Gasteiger partial charge in [0, 0.05) is 0 Å². The quantitative estimate of drug-likeness (QED) is 0.323. The number of unbranched alkanes of at least 4 members (excludes halogenated alkanes) is 1. The molecule has 0 heterocycles. The maximum Gasteiger partial charge on any atom is 0.119 e. The highest BCUT2D eigenvalue weighted by atomic mass is 16.5. The van der Waals surface area contributed by atoms with Crippen molar-refractivity contribution in [3.8, 4) is 5.75 Å². The van der Waals surface area contributed by atoms with Crippen molar-refractivity contribution in [3.63, 3.8) is 0 Å². The predicted octanol–water partition coefficient (Wildman–Crippen LogP) is 7.77. The molecule has 1 nitrogen and oxygen atoms in total. The van der Waals surface area contributed by atoms with E-state index in [1.54, 1.807) is 11.1 Å². The molecule has 0 bridgehead atoms. The van der Waals surface area contributed by atoms with Gasteiger partial charge in [-0.05, 0) is 123 Å². The minimum absolute atomic E-state index is 0.858. The fraction of sp³-hybridized carbons (Fsp3) is 0.714. The van der Waals surface area contributed by atoms with Gasteiger partial charge in [-0.25, -0.2) is 0 Å². The zero-order valence-electron chi connectivity index (χ0n) is 18.7. The van der Waals surface area contributed by atoms with Crippen molar-refractivity contribution in [1.82, 2.24) is 0 Å². The van der Waals surface area contributed by atoms with E-state index in [1.165, 1.54) is 77.0 Å². The molecule has 5 atom stereocenters. The Kier molecular flexibility index (Phi) is 7.38. The molecule has 3 aliphatic carbocycles. The molecule has 0 N–H and O–H groups in total. The molecule has 0 radical (unpaired) electrons. The van der Waals surface area contributed by atoms with E-state index in [9.17, 15) is 0 Å². The molecule has 5 unspecified atom stereocenters. The Morgan fingerprint density at radius 2 is 1.76 bits per heavy atom. The standard InChI is InChI=1S/C28H42O/c1-3-5-7-21-8-9-23-18-24(11-10-22(23)17-21)25-12-13-27-20-28(29-16-6-4-2)15-14-26(27)19-25/h3,14-15,20-25H,1,4-13,16-19H2,2H3. The number of fused-ring (bicyclic) bond motifs is 2. The summed E-state index contributed by atoms with van der Waals surface area (Å²) in [6, 6.07) is 6.93. The molecular formula is C28H42O. The van der Waals surface area contributed by atoms with Crippen LogP contribution in [-0.2, 0) is 12.8 Å². The van der Waals surface area contributed by atoms with Crippen LogP contribution in [0.1, 0.15) is 88.7 Å². The summed E-state index contributed by atoms with van der Waals surface area (Å²) in [5, 5.41) is 0. The zero-order chi connectivity index (χ0) is 20.1. The molecule has 1 aromatic rings. The summed E-state index contributed by atoms with van der Waals surface area (Å²) in [5.41, 5.74) is 3.17. The van der Waals surface area contributed by atoms with Gasteiger partial charge in [-0.15, -0.1) is 6.58 Å². The average molecular weight is 395 g/mol. The van der Waals surface area contributed by atoms with Crippen LogP contribution in [0.25, 0.3) is 0 Å². The Morgan fingerprint density at radius 3 is 2.59 bits per heavy atom. The normalized spacial score (nSPS) is 31.6. The SMILES string of the molecule is C=CCCC1CCC2CC(C3CCc4cc(OCCCC)ccc4C3)CCC2C1. The van der Waals surface area contributed by atoms with Gasteiger partial charge >= 0.3 is 0 Å². The highest BCUT2D eigenvalue weighted by Crippen LogP contribution is 2.49. The molecule has 0 spiro atoms. The lowest BCUT2D eigenvalue weighted by atomic mass is 9.61. The van der Waals surface area contributed by atoms with Crippen molar-refractivity contribution in [2.75, 3.05) is 6.61 Å². The summed E-state index contributed by atoms with van der Waals surface area (Å²) < 4.78 is 5.94. The summed E-state index contributed by atoms with van der Waals surface area (Å²) >= 11 is 0. The van der Waals surface area contributed by atoms with Gasteiger partial charge < -0.3 is 4.74 Å². The molecule has 0 saturated heterocycles. The van der Waals surface area contributed by atoms with Gasteiger partial charge in [-0.3, -0.25) is 0 Å². The van der Waals surface area contributed by atoms with E-state index in [-0.39, 0.29) is 0 Å². The van der Waals surface area contributed by atoms with E-state index >= 15 is 0 Å². The maximum absolute atomic E-state index is 5.94. The summed E-state index contributed by atoms with van der Waals surface area (Å²) in [6.07, 6.45) is 20.1.